The molecule has 0 amide bonds. The number of nitrogens with zero attached hydrogens (tertiary/aromatic N) is 3. The average Bonchev–Trinajstić information content (AvgIpc) is 2.81. The van der Waals surface area contributed by atoms with Crippen LogP contribution in [-0.2, 0) is 14.3 Å². The van der Waals surface area contributed by atoms with Gasteiger partial charge in [0.2, 0.25) is 5.88 Å². The molecule has 1 aliphatic rings. The molecule has 3 aromatic heterocycles. The highest BCUT2D eigenvalue weighted by Gasteiger charge is 2.33. The Balaban J connectivity index is 1.13. The first-order valence-corrected chi connectivity index (χ1v) is 12.4. The van der Waals surface area contributed by atoms with Gasteiger partial charge in [-0.3, -0.25) is 9.17 Å². The summed E-state index contributed by atoms with van der Waals surface area (Å²) in [6.07, 6.45) is 4.81. The Morgan fingerprint density at radius 1 is 0.971 bits per heavy atom. The van der Waals surface area contributed by atoms with E-state index in [1.807, 2.05) is 43.3 Å². The van der Waals surface area contributed by atoms with E-state index >= 15 is 0 Å². The molecule has 3 heterocycles. The van der Waals surface area contributed by atoms with E-state index in [4.69, 9.17) is 8.92 Å². The lowest BCUT2D eigenvalue weighted by molar-refractivity contribution is 0.0369. The summed E-state index contributed by atoms with van der Waals surface area (Å²) in [6, 6.07) is 17.9. The van der Waals surface area contributed by atoms with Crippen molar-refractivity contribution in [3.8, 4) is 5.88 Å². The van der Waals surface area contributed by atoms with E-state index < -0.39 is 10.1 Å². The maximum atomic E-state index is 12.3. The van der Waals surface area contributed by atoms with Crippen molar-refractivity contribution in [2.75, 3.05) is 11.9 Å². The molecule has 9 heteroatoms. The highest BCUT2D eigenvalue weighted by atomic mass is 32.2. The Morgan fingerprint density at radius 3 is 2.62 bits per heavy atom. The zero-order valence-electron chi connectivity index (χ0n) is 18.6. The van der Waals surface area contributed by atoms with Crippen LogP contribution in [0.5, 0.6) is 5.88 Å². The number of hydrogen-bond donors (Lipinski definition) is 1. The number of aromatic nitrogens is 3. The van der Waals surface area contributed by atoms with Gasteiger partial charge in [0.15, 0.2) is 0 Å². The number of fused-ring (bicyclic) bond motifs is 1. The number of pyridine rings is 3. The van der Waals surface area contributed by atoms with Gasteiger partial charge in [-0.1, -0.05) is 17.7 Å². The molecule has 5 rings (SSSR count). The van der Waals surface area contributed by atoms with Crippen molar-refractivity contribution in [2.45, 2.75) is 30.8 Å². The number of ether oxygens (including phenoxy) is 1. The van der Waals surface area contributed by atoms with Gasteiger partial charge in [0, 0.05) is 24.1 Å². The van der Waals surface area contributed by atoms with Crippen LogP contribution in [0.15, 0.2) is 78.0 Å². The second-order valence-corrected chi connectivity index (χ2v) is 9.99. The van der Waals surface area contributed by atoms with Crippen LogP contribution in [0.4, 0.5) is 11.5 Å². The van der Waals surface area contributed by atoms with Crippen LogP contribution in [0.3, 0.4) is 0 Å². The summed E-state index contributed by atoms with van der Waals surface area (Å²) < 4.78 is 35.9. The quantitative estimate of drug-likeness (QED) is 0.367. The van der Waals surface area contributed by atoms with E-state index in [2.05, 4.69) is 20.3 Å². The van der Waals surface area contributed by atoms with Gasteiger partial charge in [-0.2, -0.15) is 8.42 Å². The summed E-state index contributed by atoms with van der Waals surface area (Å²) in [5.41, 5.74) is 3.45. The largest absolute Gasteiger partial charge is 0.474 e. The van der Waals surface area contributed by atoms with Crippen LogP contribution in [0, 0.1) is 12.8 Å². The molecule has 1 fully saturated rings. The Kier molecular flexibility index (Phi) is 6.12. The summed E-state index contributed by atoms with van der Waals surface area (Å²) in [4.78, 5) is 13.3. The monoisotopic (exact) mass is 476 g/mol. The lowest BCUT2D eigenvalue weighted by atomic mass is 9.83. The minimum Gasteiger partial charge on any atom is -0.474 e. The first-order valence-electron chi connectivity index (χ1n) is 11.0. The van der Waals surface area contributed by atoms with Gasteiger partial charge in [0.05, 0.1) is 22.5 Å². The van der Waals surface area contributed by atoms with Gasteiger partial charge in [-0.05, 0) is 68.1 Å². The SMILES string of the molecule is Cc1ccc(S(=O)(=O)OCC2CC(Oc3cc(Nc4ccc5ncccc5n4)ccn3)C2)cc1. The smallest absolute Gasteiger partial charge is 0.296 e. The van der Waals surface area contributed by atoms with Gasteiger partial charge >= 0.3 is 0 Å². The highest BCUT2D eigenvalue weighted by Crippen LogP contribution is 2.32. The standard InChI is InChI=1S/C25H24N4O4S/c1-17-4-6-21(7-5-17)34(30,31)32-16-18-13-20(14-18)33-25-15-19(10-12-27-25)28-24-9-8-22-23(29-24)3-2-11-26-22/h2-12,15,18,20H,13-14,16H2,1H3,(H,27,28,29). The fourth-order valence-electron chi connectivity index (χ4n) is 3.76. The van der Waals surface area contributed by atoms with Gasteiger partial charge < -0.3 is 10.1 Å². The van der Waals surface area contributed by atoms with E-state index in [9.17, 15) is 8.42 Å². The third-order valence-electron chi connectivity index (χ3n) is 5.71. The van der Waals surface area contributed by atoms with Gasteiger partial charge in [0.1, 0.15) is 11.9 Å². The highest BCUT2D eigenvalue weighted by molar-refractivity contribution is 7.86. The Labute approximate surface area is 198 Å². The molecule has 0 spiro atoms. The van der Waals surface area contributed by atoms with Crippen molar-refractivity contribution in [2.24, 2.45) is 5.92 Å². The van der Waals surface area contributed by atoms with Crippen LogP contribution in [-0.4, -0.2) is 36.1 Å². The van der Waals surface area contributed by atoms with Crippen LogP contribution in [0.1, 0.15) is 18.4 Å². The minimum absolute atomic E-state index is 0.0247. The zero-order chi connectivity index (χ0) is 23.5. The Hall–Kier alpha value is -3.56. The fraction of sp³-hybridized carbons (Fsp3) is 0.240. The summed E-state index contributed by atoms with van der Waals surface area (Å²) in [7, 11) is -3.75. The number of benzene rings is 1. The lowest BCUT2D eigenvalue weighted by Crippen LogP contribution is -2.37. The predicted molar refractivity (Wildman–Crippen MR) is 129 cm³/mol. The topological polar surface area (TPSA) is 103 Å². The number of anilines is 2. The maximum absolute atomic E-state index is 12.3. The van der Waals surface area contributed by atoms with Crippen molar-refractivity contribution < 1.29 is 17.3 Å². The molecule has 1 aromatic carbocycles. The summed E-state index contributed by atoms with van der Waals surface area (Å²) in [6.45, 7) is 2.05. The normalized spacial score (nSPS) is 17.8. The molecule has 4 aromatic rings. The molecule has 0 bridgehead atoms. The van der Waals surface area contributed by atoms with E-state index in [0.717, 1.165) is 22.3 Å². The predicted octanol–water partition coefficient (Wildman–Crippen LogP) is 4.64. The van der Waals surface area contributed by atoms with Crippen molar-refractivity contribution in [3.63, 3.8) is 0 Å². The van der Waals surface area contributed by atoms with Crippen molar-refractivity contribution >= 4 is 32.7 Å². The van der Waals surface area contributed by atoms with Gasteiger partial charge in [-0.25, -0.2) is 9.97 Å². The Morgan fingerprint density at radius 2 is 1.79 bits per heavy atom. The van der Waals surface area contributed by atoms with Crippen molar-refractivity contribution in [3.05, 3.63) is 78.6 Å². The molecule has 1 aliphatic carbocycles. The molecule has 0 unspecified atom stereocenters. The average molecular weight is 477 g/mol. The zero-order valence-corrected chi connectivity index (χ0v) is 19.4. The summed E-state index contributed by atoms with van der Waals surface area (Å²) >= 11 is 0. The van der Waals surface area contributed by atoms with Crippen molar-refractivity contribution in [1.82, 2.24) is 15.0 Å². The molecule has 0 aliphatic heterocycles. The molecule has 0 radical (unpaired) electrons. The molecular weight excluding hydrogens is 452 g/mol. The second-order valence-electron chi connectivity index (χ2n) is 8.37. The van der Waals surface area contributed by atoms with E-state index in [-0.39, 0.29) is 23.5 Å². The molecule has 1 N–H and O–H groups in total. The van der Waals surface area contributed by atoms with Gasteiger partial charge in [0.25, 0.3) is 10.1 Å². The van der Waals surface area contributed by atoms with Crippen LogP contribution < -0.4 is 10.1 Å². The lowest BCUT2D eigenvalue weighted by Gasteiger charge is -2.34. The fourth-order valence-corrected chi connectivity index (χ4v) is 4.74. The summed E-state index contributed by atoms with van der Waals surface area (Å²) in [5.74, 6) is 1.33. The first kappa shape index (κ1) is 22.2. The van der Waals surface area contributed by atoms with Crippen LogP contribution in [0.2, 0.25) is 0 Å². The number of aryl methyl sites for hydroxylation is 1. The second kappa shape index (κ2) is 9.36. The Bertz CT molecular complexity index is 1400. The van der Waals surface area contributed by atoms with E-state index in [1.54, 1.807) is 36.7 Å². The van der Waals surface area contributed by atoms with Crippen molar-refractivity contribution in [1.29, 1.82) is 0 Å². The summed E-state index contributed by atoms with van der Waals surface area (Å²) in [5, 5.41) is 3.26. The molecule has 8 nitrogen and oxygen atoms in total. The van der Waals surface area contributed by atoms with Crippen LogP contribution >= 0.6 is 0 Å². The molecule has 174 valence electrons. The number of rotatable bonds is 8. The third-order valence-corrected chi connectivity index (χ3v) is 7.01. The molecular formula is C25H24N4O4S. The third kappa shape index (κ3) is 5.16. The van der Waals surface area contributed by atoms with Crippen LogP contribution in [0.25, 0.3) is 11.0 Å². The first-order chi connectivity index (χ1) is 16.4. The van der Waals surface area contributed by atoms with E-state index in [0.29, 0.717) is 24.5 Å². The molecule has 0 atom stereocenters. The molecule has 34 heavy (non-hydrogen) atoms. The van der Waals surface area contributed by atoms with Gasteiger partial charge in [-0.15, -0.1) is 0 Å². The van der Waals surface area contributed by atoms with E-state index in [1.165, 1.54) is 0 Å². The molecule has 1 saturated carbocycles. The molecule has 0 saturated heterocycles. The number of hydrogen-bond acceptors (Lipinski definition) is 8. The minimum atomic E-state index is -3.75. The maximum Gasteiger partial charge on any atom is 0.296 e. The number of nitrogens with one attached hydrogen (secondary N) is 1.